The molecule has 2 fully saturated rings. The molecule has 19 heteroatoms. The molecule has 0 radical (unpaired) electrons. The molecule has 0 bridgehead atoms. The number of hydrogen-bond acceptors (Lipinski definition) is 14. The minimum atomic E-state index is -1.20. The second-order valence-electron chi connectivity index (χ2n) is 12.9. The molecule has 2 aliphatic rings. The van der Waals surface area contributed by atoms with Crippen LogP contribution in [0.1, 0.15) is 30.5 Å². The Morgan fingerprint density at radius 1 is 0.700 bits per heavy atom. The number of aliphatic carboxylic acids is 1. The molecule has 2 amide bonds. The minimum absolute atomic E-state index is 0.188. The number of anilines is 3. The van der Waals surface area contributed by atoms with Crippen molar-refractivity contribution in [3.05, 3.63) is 129 Å². The van der Waals surface area contributed by atoms with E-state index >= 15 is 0 Å². The van der Waals surface area contributed by atoms with Crippen LogP contribution in [-0.2, 0) is 37.6 Å². The molecule has 2 saturated heterocycles. The summed E-state index contributed by atoms with van der Waals surface area (Å²) in [6.45, 7) is 5.92. The average molecular weight is 916 g/mol. The normalized spacial score (nSPS) is 16.4. The van der Waals surface area contributed by atoms with Gasteiger partial charge in [0.05, 0.1) is 9.06 Å². The van der Waals surface area contributed by atoms with Crippen molar-refractivity contribution in [2.24, 2.45) is 7.05 Å². The molecule has 0 spiro atoms. The molecule has 60 heavy (non-hydrogen) atoms. The molecule has 0 saturated carbocycles. The van der Waals surface area contributed by atoms with Crippen molar-refractivity contribution in [2.75, 3.05) is 18.0 Å². The molecule has 7 rings (SSSR count). The summed E-state index contributed by atoms with van der Waals surface area (Å²) in [6.07, 6.45) is 3.75. The topological polar surface area (TPSA) is 159 Å². The van der Waals surface area contributed by atoms with Gasteiger partial charge in [-0.3, -0.25) is 38.3 Å². The van der Waals surface area contributed by atoms with Gasteiger partial charge in [-0.1, -0.05) is 89.9 Å². The van der Waals surface area contributed by atoms with E-state index in [2.05, 4.69) is 4.90 Å². The maximum Gasteiger partial charge on any atom is 0.373 e. The fraction of sp³-hybridized carbons (Fsp3) is 0.171. The number of thiocarbonyl (C=S) groups is 2. The molecule has 0 unspecified atom stereocenters. The Kier molecular flexibility index (Phi) is 13.8. The number of thioether (sulfide) groups is 2. The zero-order valence-corrected chi connectivity index (χ0v) is 37.1. The summed E-state index contributed by atoms with van der Waals surface area (Å²) in [5.41, 5.74) is 4.53. The zero-order valence-electron chi connectivity index (χ0n) is 32.2. The number of benzene rings is 3. The Balaban J connectivity index is 0.00000195. The first kappa shape index (κ1) is 44.0. The quantitative estimate of drug-likeness (QED) is 0.214. The number of carbonyl (C=O) groups is 3. The molecule has 0 atom stereocenters. The standard InChI is InChI=1S/C40H33N5O6S6.CO2/c1-5-42-35(50)31(56-39(42)52)37-41(4)33(48)28(54-37)19-23-9-15-26(16-10-23)45(25-13-7-22(3)8-14-25)27-17-11-24(12-18-27)20-29-34(49)44(21-30(46)47)38(55-29)32-36(51)43(6-2)40(53)57-32;2-1-3/h7-20H,5-6,21H2,1-4H3,(H,46,47);/b28-19?,29-20+,37-31+,38-32+;. The second-order valence-corrected chi connectivity index (χ2v) is 18.3. The largest absolute Gasteiger partial charge is 0.480 e. The molecular weight excluding hydrogens is 883 g/mol. The number of amides is 2. The van der Waals surface area contributed by atoms with Gasteiger partial charge in [0.15, 0.2) is 0 Å². The van der Waals surface area contributed by atoms with Gasteiger partial charge in [-0.15, -0.1) is 22.7 Å². The van der Waals surface area contributed by atoms with Crippen LogP contribution in [0.25, 0.3) is 22.0 Å². The highest BCUT2D eigenvalue weighted by Crippen LogP contribution is 2.35. The van der Waals surface area contributed by atoms with Gasteiger partial charge < -0.3 is 14.6 Å². The number of carbonyl (C=O) groups excluding carboxylic acids is 4. The van der Waals surface area contributed by atoms with E-state index in [9.17, 15) is 29.1 Å². The summed E-state index contributed by atoms with van der Waals surface area (Å²) in [5.74, 6) is -1.73. The van der Waals surface area contributed by atoms with Gasteiger partial charge in [0.25, 0.3) is 22.9 Å². The van der Waals surface area contributed by atoms with Crippen LogP contribution in [-0.4, -0.2) is 69.7 Å². The molecule has 13 nitrogen and oxygen atoms in total. The van der Waals surface area contributed by atoms with E-state index in [1.807, 2.05) is 92.7 Å². The van der Waals surface area contributed by atoms with E-state index in [1.54, 1.807) is 20.0 Å². The highest BCUT2D eigenvalue weighted by molar-refractivity contribution is 8.30. The van der Waals surface area contributed by atoms with Crippen LogP contribution >= 0.6 is 70.6 Å². The molecular formula is C41H33N5O8S6. The third-order valence-electron chi connectivity index (χ3n) is 9.14. The highest BCUT2D eigenvalue weighted by atomic mass is 32.2. The van der Waals surface area contributed by atoms with Crippen LogP contribution < -0.4 is 34.4 Å². The Hall–Kier alpha value is -5.53. The first-order valence-electron chi connectivity index (χ1n) is 17.9. The number of thiazole rings is 2. The van der Waals surface area contributed by atoms with Crippen LogP contribution in [0.2, 0.25) is 0 Å². The first-order valence-corrected chi connectivity index (χ1v) is 22.0. The van der Waals surface area contributed by atoms with Gasteiger partial charge in [0.2, 0.25) is 0 Å². The number of aromatic nitrogens is 2. The van der Waals surface area contributed by atoms with Crippen molar-refractivity contribution in [3.8, 4) is 0 Å². The van der Waals surface area contributed by atoms with E-state index in [0.717, 1.165) is 55.9 Å². The molecule has 5 aromatic rings. The van der Waals surface area contributed by atoms with E-state index in [1.165, 1.54) is 37.5 Å². The second kappa shape index (κ2) is 18.8. The summed E-state index contributed by atoms with van der Waals surface area (Å²) in [7, 11) is 1.66. The predicted octanol–water partition coefficient (Wildman–Crippen LogP) is 3.58. The maximum atomic E-state index is 13.5. The Morgan fingerprint density at radius 2 is 1.10 bits per heavy atom. The maximum absolute atomic E-state index is 13.5. The van der Waals surface area contributed by atoms with Gasteiger partial charge >= 0.3 is 12.1 Å². The van der Waals surface area contributed by atoms with Crippen LogP contribution in [0.5, 0.6) is 0 Å². The molecule has 306 valence electrons. The van der Waals surface area contributed by atoms with Gasteiger partial charge in [-0.2, -0.15) is 9.59 Å². The Morgan fingerprint density at radius 3 is 1.52 bits per heavy atom. The fourth-order valence-electron chi connectivity index (χ4n) is 6.21. The van der Waals surface area contributed by atoms with Crippen molar-refractivity contribution in [1.29, 1.82) is 0 Å². The number of hydrogen-bond donors (Lipinski definition) is 1. The van der Waals surface area contributed by atoms with E-state index in [4.69, 9.17) is 34.0 Å². The molecule has 4 heterocycles. The number of carboxylic acids is 1. The fourth-order valence-corrected chi connectivity index (χ4v) is 11.5. The number of carboxylic acid groups (broad SMARTS) is 1. The molecule has 1 N–H and O–H groups in total. The summed E-state index contributed by atoms with van der Waals surface area (Å²) in [5, 5.41) is 9.59. The van der Waals surface area contributed by atoms with Gasteiger partial charge in [0.1, 0.15) is 34.3 Å². The van der Waals surface area contributed by atoms with Crippen molar-refractivity contribution in [3.63, 3.8) is 0 Å². The lowest BCUT2D eigenvalue weighted by Crippen LogP contribution is -2.35. The van der Waals surface area contributed by atoms with Crippen LogP contribution in [0.15, 0.2) is 82.4 Å². The first-order chi connectivity index (χ1) is 28.7. The van der Waals surface area contributed by atoms with Crippen molar-refractivity contribution >= 4 is 142 Å². The predicted molar refractivity (Wildman–Crippen MR) is 244 cm³/mol. The third kappa shape index (κ3) is 8.97. The molecule has 0 aliphatic carbocycles. The number of nitrogens with zero attached hydrogens (tertiary/aromatic N) is 5. The van der Waals surface area contributed by atoms with Gasteiger partial charge in [-0.25, -0.2) is 0 Å². The van der Waals surface area contributed by atoms with Crippen LogP contribution in [0.4, 0.5) is 17.1 Å². The lowest BCUT2D eigenvalue weighted by atomic mass is 10.1. The third-order valence-corrected chi connectivity index (χ3v) is 14.6. The average Bonchev–Trinajstić information content (AvgIpc) is 3.88. The molecule has 3 aromatic carbocycles. The summed E-state index contributed by atoms with van der Waals surface area (Å²) in [4.78, 5) is 86.6. The summed E-state index contributed by atoms with van der Waals surface area (Å²) < 4.78 is 5.08. The van der Waals surface area contributed by atoms with Crippen LogP contribution in [0, 0.1) is 6.92 Å². The van der Waals surface area contributed by atoms with E-state index in [-0.39, 0.29) is 37.6 Å². The van der Waals surface area contributed by atoms with E-state index < -0.39 is 18.1 Å². The monoisotopic (exact) mass is 915 g/mol. The lowest BCUT2D eigenvalue weighted by molar-refractivity contribution is -0.191. The van der Waals surface area contributed by atoms with E-state index in [0.29, 0.717) is 41.4 Å². The van der Waals surface area contributed by atoms with Crippen molar-refractivity contribution < 1.29 is 29.1 Å². The lowest BCUT2D eigenvalue weighted by Gasteiger charge is -2.26. The zero-order chi connectivity index (χ0) is 43.4. The molecule has 2 aliphatic heterocycles. The van der Waals surface area contributed by atoms with Crippen molar-refractivity contribution in [2.45, 2.75) is 27.3 Å². The van der Waals surface area contributed by atoms with Crippen LogP contribution in [0.3, 0.4) is 0 Å². The minimum Gasteiger partial charge on any atom is -0.480 e. The molecule has 2 aromatic heterocycles. The van der Waals surface area contributed by atoms with Gasteiger partial charge in [-0.05, 0) is 80.4 Å². The Labute approximate surface area is 368 Å². The van der Waals surface area contributed by atoms with Gasteiger partial charge in [0, 0.05) is 37.2 Å². The van der Waals surface area contributed by atoms with Crippen molar-refractivity contribution in [1.82, 2.24) is 18.9 Å². The SMILES string of the molecule is CCN1C(=O)/C(=c2\sc(=Cc3ccc(N(c4ccc(C)cc4)c4ccc(/C=c5/s/c(=C6/SC(=S)N(CC)C6=O)n(CC(=O)O)c5=O)cc4)cc3)c(=O)n2C)SC1=S.O=C=O. The number of rotatable bonds is 9. The highest BCUT2D eigenvalue weighted by Gasteiger charge is 2.34. The summed E-state index contributed by atoms with van der Waals surface area (Å²) >= 11 is 15.4. The Bertz CT molecular complexity index is 2980. The smallest absolute Gasteiger partial charge is 0.373 e. The summed E-state index contributed by atoms with van der Waals surface area (Å²) in [6, 6.07) is 23.5. The number of aryl methyl sites for hydroxylation is 1.